The number of fused-ring (bicyclic) bond motifs is 1. The Labute approximate surface area is 192 Å². The second kappa shape index (κ2) is 11.6. The van der Waals surface area contributed by atoms with Gasteiger partial charge in [-0.25, -0.2) is 0 Å². The van der Waals surface area contributed by atoms with Crippen molar-refractivity contribution >= 4 is 58.8 Å². The molecule has 2 heterocycles. The van der Waals surface area contributed by atoms with E-state index in [2.05, 4.69) is 27.1 Å². The third kappa shape index (κ3) is 6.35. The minimum absolute atomic E-state index is 0. The molecule has 152 valence electrons. The Morgan fingerprint density at radius 1 is 1.25 bits per heavy atom. The molecule has 0 aliphatic carbocycles. The molecule has 1 aromatic heterocycles. The van der Waals surface area contributed by atoms with Gasteiger partial charge in [0.2, 0.25) is 5.91 Å². The molecule has 2 N–H and O–H groups in total. The highest BCUT2D eigenvalue weighted by Crippen LogP contribution is 2.24. The fourth-order valence-electron chi connectivity index (χ4n) is 3.14. The summed E-state index contributed by atoms with van der Waals surface area (Å²) in [5.74, 6) is 0.888. The quantitative estimate of drug-likeness (QED) is 0.339. The third-order valence-electron chi connectivity index (χ3n) is 4.66. The average molecular weight is 533 g/mol. The summed E-state index contributed by atoms with van der Waals surface area (Å²) in [6, 6.07) is 9.96. The van der Waals surface area contributed by atoms with E-state index in [4.69, 9.17) is 11.6 Å². The van der Waals surface area contributed by atoms with Crippen LogP contribution < -0.4 is 10.6 Å². The number of carbonyl (C=O) groups excluding carboxylic acids is 1. The molecule has 2 aromatic rings. The maximum Gasteiger partial charge on any atom is 0.224 e. The van der Waals surface area contributed by atoms with Crippen molar-refractivity contribution < 1.29 is 4.79 Å². The molecule has 1 aliphatic rings. The zero-order valence-electron chi connectivity index (χ0n) is 15.9. The SMILES string of the molecule is CN=C(NCCC(=O)N1CCc2sccc2C1)NCCc1ccccc1Cl.I. The van der Waals surface area contributed by atoms with Crippen molar-refractivity contribution in [3.63, 3.8) is 0 Å². The Bertz CT molecular complexity index is 811. The number of nitrogens with zero attached hydrogens (tertiary/aromatic N) is 2. The maximum absolute atomic E-state index is 12.5. The highest BCUT2D eigenvalue weighted by molar-refractivity contribution is 14.0. The Morgan fingerprint density at radius 2 is 2.04 bits per heavy atom. The van der Waals surface area contributed by atoms with Gasteiger partial charge in [-0.05, 0) is 41.5 Å². The molecular formula is C20H26ClIN4OS. The zero-order valence-corrected chi connectivity index (χ0v) is 19.8. The number of aliphatic imine (C=N–C) groups is 1. The molecular weight excluding hydrogens is 507 g/mol. The Hall–Kier alpha value is -1.32. The number of thiophene rings is 1. The van der Waals surface area contributed by atoms with E-state index < -0.39 is 0 Å². The van der Waals surface area contributed by atoms with E-state index in [0.29, 0.717) is 18.9 Å². The lowest BCUT2D eigenvalue weighted by atomic mass is 10.1. The number of guanidine groups is 1. The predicted molar refractivity (Wildman–Crippen MR) is 128 cm³/mol. The van der Waals surface area contributed by atoms with Crippen molar-refractivity contribution in [1.82, 2.24) is 15.5 Å². The smallest absolute Gasteiger partial charge is 0.224 e. The first-order valence-electron chi connectivity index (χ1n) is 9.18. The molecule has 0 fully saturated rings. The topological polar surface area (TPSA) is 56.7 Å². The van der Waals surface area contributed by atoms with Crippen molar-refractivity contribution in [2.45, 2.75) is 25.8 Å². The zero-order chi connectivity index (χ0) is 19.1. The van der Waals surface area contributed by atoms with Gasteiger partial charge in [-0.1, -0.05) is 29.8 Å². The standard InChI is InChI=1S/C20H25ClN4OS.HI/c1-22-20(23-10-6-15-4-2-3-5-17(15)21)24-11-7-19(26)25-12-8-18-16(14-25)9-13-27-18;/h2-5,9,13H,6-8,10-12,14H2,1H3,(H2,22,23,24);1H. The van der Waals surface area contributed by atoms with Crippen molar-refractivity contribution in [1.29, 1.82) is 0 Å². The summed E-state index contributed by atoms with van der Waals surface area (Å²) < 4.78 is 0. The van der Waals surface area contributed by atoms with Gasteiger partial charge in [-0.2, -0.15) is 0 Å². The van der Waals surface area contributed by atoms with Crippen LogP contribution in [-0.4, -0.2) is 43.4 Å². The first-order chi connectivity index (χ1) is 13.2. The first kappa shape index (κ1) is 23.0. The fraction of sp³-hybridized carbons (Fsp3) is 0.400. The Morgan fingerprint density at radius 3 is 2.82 bits per heavy atom. The van der Waals surface area contributed by atoms with Gasteiger partial charge in [-0.3, -0.25) is 9.79 Å². The summed E-state index contributed by atoms with van der Waals surface area (Å²) in [6.07, 6.45) is 2.25. The van der Waals surface area contributed by atoms with Crippen LogP contribution in [0.25, 0.3) is 0 Å². The van der Waals surface area contributed by atoms with E-state index in [1.54, 1.807) is 18.4 Å². The van der Waals surface area contributed by atoms with Gasteiger partial charge in [0.25, 0.3) is 0 Å². The van der Waals surface area contributed by atoms with E-state index >= 15 is 0 Å². The predicted octanol–water partition coefficient (Wildman–Crippen LogP) is 3.70. The number of amides is 1. The van der Waals surface area contributed by atoms with Gasteiger partial charge < -0.3 is 15.5 Å². The van der Waals surface area contributed by atoms with Crippen LogP contribution in [0.15, 0.2) is 40.7 Å². The number of rotatable bonds is 6. The van der Waals surface area contributed by atoms with Gasteiger partial charge in [0.15, 0.2) is 5.96 Å². The second-order valence-corrected chi connectivity index (χ2v) is 7.86. The minimum Gasteiger partial charge on any atom is -0.356 e. The minimum atomic E-state index is 0. The average Bonchev–Trinajstić information content (AvgIpc) is 3.15. The van der Waals surface area contributed by atoms with Crippen molar-refractivity contribution in [2.75, 3.05) is 26.7 Å². The maximum atomic E-state index is 12.5. The monoisotopic (exact) mass is 532 g/mol. The van der Waals surface area contributed by atoms with Gasteiger partial charge in [-0.15, -0.1) is 35.3 Å². The number of halogens is 2. The molecule has 8 heteroatoms. The molecule has 28 heavy (non-hydrogen) atoms. The van der Waals surface area contributed by atoms with E-state index in [1.807, 2.05) is 29.2 Å². The molecule has 0 spiro atoms. The molecule has 0 unspecified atom stereocenters. The molecule has 0 bridgehead atoms. The number of hydrogen-bond acceptors (Lipinski definition) is 3. The lowest BCUT2D eigenvalue weighted by molar-refractivity contribution is -0.131. The molecule has 0 radical (unpaired) electrons. The van der Waals surface area contributed by atoms with Gasteiger partial charge in [0, 0.05) is 49.5 Å². The number of nitrogens with one attached hydrogen (secondary N) is 2. The number of carbonyl (C=O) groups is 1. The first-order valence-corrected chi connectivity index (χ1v) is 10.4. The highest BCUT2D eigenvalue weighted by Gasteiger charge is 2.20. The van der Waals surface area contributed by atoms with E-state index in [9.17, 15) is 4.79 Å². The van der Waals surface area contributed by atoms with E-state index in [-0.39, 0.29) is 29.9 Å². The van der Waals surface area contributed by atoms with Crippen molar-refractivity contribution in [3.05, 3.63) is 56.7 Å². The van der Waals surface area contributed by atoms with Crippen LogP contribution in [-0.2, 0) is 24.2 Å². The van der Waals surface area contributed by atoms with Crippen molar-refractivity contribution in [3.8, 4) is 0 Å². The highest BCUT2D eigenvalue weighted by atomic mass is 127. The van der Waals surface area contributed by atoms with Crippen LogP contribution in [0.5, 0.6) is 0 Å². The number of benzene rings is 1. The van der Waals surface area contributed by atoms with E-state index in [0.717, 1.165) is 43.1 Å². The summed E-state index contributed by atoms with van der Waals surface area (Å²) in [4.78, 5) is 20.0. The summed E-state index contributed by atoms with van der Waals surface area (Å²) in [5.41, 5.74) is 2.40. The molecule has 1 aliphatic heterocycles. The molecule has 1 aromatic carbocycles. The van der Waals surface area contributed by atoms with Crippen LogP contribution in [0, 0.1) is 0 Å². The van der Waals surface area contributed by atoms with Crippen LogP contribution in [0.1, 0.15) is 22.4 Å². The molecule has 3 rings (SSSR count). The van der Waals surface area contributed by atoms with Gasteiger partial charge >= 0.3 is 0 Å². The fourth-order valence-corrected chi connectivity index (χ4v) is 4.26. The van der Waals surface area contributed by atoms with Crippen LogP contribution >= 0.6 is 46.9 Å². The largest absolute Gasteiger partial charge is 0.356 e. The molecule has 0 saturated heterocycles. The summed E-state index contributed by atoms with van der Waals surface area (Å²) in [5, 5.41) is 9.37. The summed E-state index contributed by atoms with van der Waals surface area (Å²) >= 11 is 7.96. The summed E-state index contributed by atoms with van der Waals surface area (Å²) in [6.45, 7) is 2.85. The second-order valence-electron chi connectivity index (χ2n) is 6.45. The third-order valence-corrected chi connectivity index (χ3v) is 6.05. The lowest BCUT2D eigenvalue weighted by Gasteiger charge is -2.27. The lowest BCUT2D eigenvalue weighted by Crippen LogP contribution is -2.41. The van der Waals surface area contributed by atoms with Gasteiger partial charge in [0.05, 0.1) is 0 Å². The molecule has 0 atom stereocenters. The molecule has 5 nitrogen and oxygen atoms in total. The molecule has 0 saturated carbocycles. The van der Waals surface area contributed by atoms with Gasteiger partial charge in [0.1, 0.15) is 0 Å². The normalized spacial score (nSPS) is 13.5. The Kier molecular flexibility index (Phi) is 9.53. The van der Waals surface area contributed by atoms with Crippen LogP contribution in [0.4, 0.5) is 0 Å². The summed E-state index contributed by atoms with van der Waals surface area (Å²) in [7, 11) is 1.73. The molecule has 1 amide bonds. The van der Waals surface area contributed by atoms with Crippen molar-refractivity contribution in [2.24, 2.45) is 4.99 Å². The number of hydrogen-bond donors (Lipinski definition) is 2. The van der Waals surface area contributed by atoms with Crippen LogP contribution in [0.2, 0.25) is 5.02 Å². The van der Waals surface area contributed by atoms with E-state index in [1.165, 1.54) is 10.4 Å². The van der Waals surface area contributed by atoms with Crippen LogP contribution in [0.3, 0.4) is 0 Å². The Balaban J connectivity index is 0.00000280.